The van der Waals surface area contributed by atoms with Crippen molar-refractivity contribution in [3.63, 3.8) is 0 Å². The third-order valence-electron chi connectivity index (χ3n) is 3.86. The number of halogens is 1. The van der Waals surface area contributed by atoms with Gasteiger partial charge in [-0.05, 0) is 13.0 Å². The van der Waals surface area contributed by atoms with E-state index >= 15 is 0 Å². The van der Waals surface area contributed by atoms with Crippen molar-refractivity contribution >= 4 is 0 Å². The Balaban J connectivity index is 1.74. The zero-order valence-corrected chi connectivity index (χ0v) is 10.7. The quantitative estimate of drug-likeness (QED) is 0.751. The number of piperidine rings is 1. The van der Waals surface area contributed by atoms with Gasteiger partial charge >= 0.3 is 0 Å². The van der Waals surface area contributed by atoms with Crippen LogP contribution in [0.25, 0.3) is 0 Å². The van der Waals surface area contributed by atoms with Gasteiger partial charge in [-0.1, -0.05) is 0 Å². The summed E-state index contributed by atoms with van der Waals surface area (Å²) in [6.07, 6.45) is 0.244. The first-order valence-corrected chi connectivity index (χ1v) is 6.61. The molecule has 4 nitrogen and oxygen atoms in total. The topological polar surface area (TPSA) is 27.7 Å². The molecule has 5 heteroatoms. The number of hydrogen-bond donors (Lipinski definition) is 1. The zero-order valence-electron chi connectivity index (χ0n) is 10.7. The second kappa shape index (κ2) is 6.64. The number of hydrogen-bond acceptors (Lipinski definition) is 4. The Hall–Kier alpha value is -0.230. The van der Waals surface area contributed by atoms with Gasteiger partial charge in [0.2, 0.25) is 0 Å². The molecular formula is C12H24FN3O. The third kappa shape index (κ3) is 3.61. The van der Waals surface area contributed by atoms with Crippen molar-refractivity contribution in [2.24, 2.45) is 0 Å². The Labute approximate surface area is 103 Å². The second-order valence-corrected chi connectivity index (χ2v) is 4.95. The molecule has 2 fully saturated rings. The predicted molar refractivity (Wildman–Crippen MR) is 66.1 cm³/mol. The first-order chi connectivity index (χ1) is 8.31. The molecule has 2 rings (SSSR count). The maximum atomic E-state index is 13.8. The number of nitrogens with one attached hydrogen (secondary N) is 1. The molecule has 0 radical (unpaired) electrons. The summed E-state index contributed by atoms with van der Waals surface area (Å²) >= 11 is 0. The van der Waals surface area contributed by atoms with Crippen molar-refractivity contribution in [1.29, 1.82) is 0 Å². The molecule has 0 saturated carbocycles. The molecule has 0 aliphatic carbocycles. The summed E-state index contributed by atoms with van der Waals surface area (Å²) < 4.78 is 18.9. The smallest absolute Gasteiger partial charge is 0.128 e. The van der Waals surface area contributed by atoms with Crippen LogP contribution >= 0.6 is 0 Å². The highest BCUT2D eigenvalue weighted by atomic mass is 19.1. The highest BCUT2D eigenvalue weighted by Crippen LogP contribution is 2.17. The predicted octanol–water partition coefficient (Wildman–Crippen LogP) is -0.0496. The number of methoxy groups -OCH3 is 1. The van der Waals surface area contributed by atoms with E-state index in [1.54, 1.807) is 7.11 Å². The van der Waals surface area contributed by atoms with Crippen LogP contribution in [0, 0.1) is 0 Å². The number of ether oxygens (including phenoxy) is 1. The van der Waals surface area contributed by atoms with E-state index in [1.807, 2.05) is 0 Å². The van der Waals surface area contributed by atoms with E-state index in [2.05, 4.69) is 15.1 Å². The van der Waals surface area contributed by atoms with Crippen LogP contribution in [0.5, 0.6) is 0 Å². The van der Waals surface area contributed by atoms with Crippen molar-refractivity contribution in [2.45, 2.75) is 18.6 Å². The van der Waals surface area contributed by atoms with Crippen molar-refractivity contribution < 1.29 is 9.13 Å². The van der Waals surface area contributed by atoms with Gasteiger partial charge in [-0.3, -0.25) is 9.80 Å². The van der Waals surface area contributed by atoms with Crippen LogP contribution in [-0.4, -0.2) is 81.5 Å². The number of piperazine rings is 1. The lowest BCUT2D eigenvalue weighted by Crippen LogP contribution is -2.57. The van der Waals surface area contributed by atoms with Gasteiger partial charge in [0, 0.05) is 52.4 Å². The highest BCUT2D eigenvalue weighted by molar-refractivity contribution is 4.88. The average molecular weight is 245 g/mol. The lowest BCUT2D eigenvalue weighted by Gasteiger charge is -2.42. The van der Waals surface area contributed by atoms with Gasteiger partial charge in [0.05, 0.1) is 6.61 Å². The summed E-state index contributed by atoms with van der Waals surface area (Å²) in [6.45, 7) is 7.34. The maximum absolute atomic E-state index is 13.8. The molecule has 2 atom stereocenters. The minimum Gasteiger partial charge on any atom is -0.383 e. The van der Waals surface area contributed by atoms with E-state index in [4.69, 9.17) is 4.74 Å². The van der Waals surface area contributed by atoms with Gasteiger partial charge in [0.25, 0.3) is 0 Å². The van der Waals surface area contributed by atoms with E-state index in [9.17, 15) is 4.39 Å². The Kier molecular flexibility index (Phi) is 5.16. The molecular weight excluding hydrogens is 221 g/mol. The first-order valence-electron chi connectivity index (χ1n) is 6.61. The van der Waals surface area contributed by atoms with Gasteiger partial charge in [0.15, 0.2) is 0 Å². The van der Waals surface area contributed by atoms with Crippen molar-refractivity contribution in [1.82, 2.24) is 15.1 Å². The van der Waals surface area contributed by atoms with Crippen LogP contribution in [0.2, 0.25) is 0 Å². The van der Waals surface area contributed by atoms with E-state index < -0.39 is 6.17 Å². The normalized spacial score (nSPS) is 32.8. The van der Waals surface area contributed by atoms with Crippen LogP contribution in [-0.2, 0) is 4.74 Å². The molecule has 0 bridgehead atoms. The van der Waals surface area contributed by atoms with Crippen LogP contribution in [0.4, 0.5) is 4.39 Å². The maximum Gasteiger partial charge on any atom is 0.128 e. The lowest BCUT2D eigenvalue weighted by molar-refractivity contribution is 0.0328. The van der Waals surface area contributed by atoms with Crippen LogP contribution in [0.1, 0.15) is 6.42 Å². The van der Waals surface area contributed by atoms with E-state index in [0.29, 0.717) is 6.54 Å². The van der Waals surface area contributed by atoms with E-state index in [-0.39, 0.29) is 6.04 Å². The van der Waals surface area contributed by atoms with Gasteiger partial charge in [-0.2, -0.15) is 0 Å². The summed E-state index contributed by atoms with van der Waals surface area (Å²) in [5.74, 6) is 0. The largest absolute Gasteiger partial charge is 0.383 e. The fourth-order valence-corrected chi connectivity index (χ4v) is 2.76. The molecule has 2 heterocycles. The number of nitrogens with zero attached hydrogens (tertiary/aromatic N) is 2. The molecule has 17 heavy (non-hydrogen) atoms. The molecule has 100 valence electrons. The Bertz CT molecular complexity index is 222. The Morgan fingerprint density at radius 3 is 2.71 bits per heavy atom. The molecule has 2 aliphatic heterocycles. The highest BCUT2D eigenvalue weighted by Gasteiger charge is 2.31. The SMILES string of the molecule is COCCN1CCN(C2CCNCC2F)CC1. The molecule has 2 aliphatic rings. The summed E-state index contributed by atoms with van der Waals surface area (Å²) in [4.78, 5) is 4.73. The molecule has 0 amide bonds. The fraction of sp³-hybridized carbons (Fsp3) is 1.00. The van der Waals surface area contributed by atoms with Crippen LogP contribution in [0.3, 0.4) is 0 Å². The minimum atomic E-state index is -0.700. The van der Waals surface area contributed by atoms with Crippen molar-refractivity contribution in [2.75, 3.05) is 59.5 Å². The summed E-state index contributed by atoms with van der Waals surface area (Å²) in [5.41, 5.74) is 0. The Morgan fingerprint density at radius 2 is 2.06 bits per heavy atom. The minimum absolute atomic E-state index is 0.140. The molecule has 2 unspecified atom stereocenters. The van der Waals surface area contributed by atoms with Crippen molar-refractivity contribution in [3.05, 3.63) is 0 Å². The summed E-state index contributed by atoms with van der Waals surface area (Å²) in [6, 6.07) is 0.140. The summed E-state index contributed by atoms with van der Waals surface area (Å²) in [5, 5.41) is 3.11. The number of alkyl halides is 1. The zero-order chi connectivity index (χ0) is 12.1. The van der Waals surface area contributed by atoms with Gasteiger partial charge in [-0.25, -0.2) is 4.39 Å². The third-order valence-corrected chi connectivity index (χ3v) is 3.86. The monoisotopic (exact) mass is 245 g/mol. The molecule has 1 N–H and O–H groups in total. The molecule has 0 aromatic carbocycles. The molecule has 2 saturated heterocycles. The van der Waals surface area contributed by atoms with Crippen LogP contribution in [0.15, 0.2) is 0 Å². The molecule has 0 spiro atoms. The first kappa shape index (κ1) is 13.2. The van der Waals surface area contributed by atoms with E-state index in [1.165, 1.54) is 0 Å². The number of rotatable bonds is 4. The van der Waals surface area contributed by atoms with Crippen LogP contribution < -0.4 is 5.32 Å². The van der Waals surface area contributed by atoms with Crippen molar-refractivity contribution in [3.8, 4) is 0 Å². The lowest BCUT2D eigenvalue weighted by atomic mass is 10.0. The molecule has 0 aromatic rings. The standard InChI is InChI=1S/C12H24FN3O/c1-17-9-8-15-4-6-16(7-5-15)12-2-3-14-10-11(12)13/h11-12,14H,2-10H2,1H3. The molecule has 0 aromatic heterocycles. The van der Waals surface area contributed by atoms with Gasteiger partial charge in [0.1, 0.15) is 6.17 Å². The second-order valence-electron chi connectivity index (χ2n) is 4.95. The summed E-state index contributed by atoms with van der Waals surface area (Å²) in [7, 11) is 1.74. The van der Waals surface area contributed by atoms with E-state index in [0.717, 1.165) is 52.3 Å². The van der Waals surface area contributed by atoms with Gasteiger partial charge < -0.3 is 10.1 Å². The fourth-order valence-electron chi connectivity index (χ4n) is 2.76. The Morgan fingerprint density at radius 1 is 1.29 bits per heavy atom. The van der Waals surface area contributed by atoms with Gasteiger partial charge in [-0.15, -0.1) is 0 Å². The average Bonchev–Trinajstić information content (AvgIpc) is 2.38.